The van der Waals surface area contributed by atoms with Gasteiger partial charge >= 0.3 is 6.09 Å². The fourth-order valence-electron chi connectivity index (χ4n) is 4.61. The highest BCUT2D eigenvalue weighted by atomic mass is 32.1. The van der Waals surface area contributed by atoms with E-state index in [-0.39, 0.29) is 18.1 Å². The smallest absolute Gasteiger partial charge is 0.410 e. The molecule has 178 valence electrons. The molecule has 3 aliphatic rings. The third-order valence-electron chi connectivity index (χ3n) is 6.62. The normalized spacial score (nSPS) is 19.0. The first-order valence-corrected chi connectivity index (χ1v) is 12.5. The number of hydrogen-bond acceptors (Lipinski definition) is 8. The molecule has 0 unspecified atom stereocenters. The van der Waals surface area contributed by atoms with E-state index < -0.39 is 0 Å². The largest absolute Gasteiger partial charge is 0.441 e. The van der Waals surface area contributed by atoms with Crippen LogP contribution < -0.4 is 4.90 Å². The Morgan fingerprint density at radius 3 is 2.62 bits per heavy atom. The number of H-pyrrole nitrogens is 1. The zero-order valence-corrected chi connectivity index (χ0v) is 19.6. The lowest BCUT2D eigenvalue weighted by Crippen LogP contribution is -2.51. The van der Waals surface area contributed by atoms with Crippen LogP contribution in [-0.4, -0.2) is 95.3 Å². The van der Waals surface area contributed by atoms with Gasteiger partial charge in [0.1, 0.15) is 5.65 Å². The number of ether oxygens (including phenoxy) is 2. The zero-order chi connectivity index (χ0) is 23.1. The number of nitrogens with one attached hydrogen (secondary N) is 1. The molecule has 2 amide bonds. The third-order valence-corrected chi connectivity index (χ3v) is 7.45. The molecule has 3 saturated heterocycles. The highest BCUT2D eigenvalue weighted by Crippen LogP contribution is 2.31. The van der Waals surface area contributed by atoms with Crippen LogP contribution in [0.3, 0.4) is 0 Å². The van der Waals surface area contributed by atoms with Crippen LogP contribution in [0.25, 0.3) is 22.4 Å². The first-order valence-electron chi connectivity index (χ1n) is 11.7. The van der Waals surface area contributed by atoms with E-state index in [1.165, 1.54) is 11.3 Å². The molecule has 0 spiro atoms. The van der Waals surface area contributed by atoms with E-state index in [1.807, 2.05) is 22.4 Å². The molecule has 1 N–H and O–H groups in total. The molecule has 3 fully saturated rings. The Morgan fingerprint density at radius 2 is 1.88 bits per heavy atom. The quantitative estimate of drug-likeness (QED) is 0.610. The number of thiazole rings is 1. The van der Waals surface area contributed by atoms with Crippen molar-refractivity contribution in [3.05, 3.63) is 28.7 Å². The average molecular weight is 483 g/mol. The topological polar surface area (TPSA) is 104 Å². The van der Waals surface area contributed by atoms with Gasteiger partial charge in [-0.25, -0.2) is 14.8 Å². The molecule has 34 heavy (non-hydrogen) atoms. The second-order valence-electron chi connectivity index (χ2n) is 8.83. The van der Waals surface area contributed by atoms with E-state index in [1.54, 1.807) is 11.1 Å². The van der Waals surface area contributed by atoms with Crippen LogP contribution in [0, 0.1) is 0 Å². The number of anilines is 1. The van der Waals surface area contributed by atoms with Crippen molar-refractivity contribution in [1.82, 2.24) is 24.8 Å². The highest BCUT2D eigenvalue weighted by Gasteiger charge is 2.29. The molecular formula is C23H26N6O4S. The standard InChI is InChI=1S/C23H26N6O4S/c30-22(28-5-1-2-6-28)21-26-18(14-34-21)17-11-16-19(3-4-24-20(16)25-17)27-7-9-29(10-8-27)23(31)33-15-12-32-13-15/h3-4,11,14-15H,1-2,5-10,12-13H2,(H,24,25). The van der Waals surface area contributed by atoms with Crippen LogP contribution in [0.15, 0.2) is 23.7 Å². The van der Waals surface area contributed by atoms with Gasteiger partial charge in [0, 0.05) is 61.9 Å². The highest BCUT2D eigenvalue weighted by molar-refractivity contribution is 7.12. The second-order valence-corrected chi connectivity index (χ2v) is 9.69. The first kappa shape index (κ1) is 21.4. The Morgan fingerprint density at radius 1 is 1.09 bits per heavy atom. The molecule has 3 aromatic heterocycles. The Labute approximate surface area is 200 Å². The number of rotatable bonds is 4. The Balaban J connectivity index is 1.17. The van der Waals surface area contributed by atoms with Crippen molar-refractivity contribution in [3.63, 3.8) is 0 Å². The van der Waals surface area contributed by atoms with Crippen molar-refractivity contribution in [3.8, 4) is 11.4 Å². The molecule has 0 aromatic carbocycles. The van der Waals surface area contributed by atoms with Crippen LogP contribution in [0.2, 0.25) is 0 Å². The fourth-order valence-corrected chi connectivity index (χ4v) is 5.39. The summed E-state index contributed by atoms with van der Waals surface area (Å²) in [5, 5.41) is 3.45. The summed E-state index contributed by atoms with van der Waals surface area (Å²) < 4.78 is 10.5. The van der Waals surface area contributed by atoms with E-state index in [9.17, 15) is 9.59 Å². The number of fused-ring (bicyclic) bond motifs is 1. The predicted molar refractivity (Wildman–Crippen MR) is 127 cm³/mol. The van der Waals surface area contributed by atoms with E-state index in [0.29, 0.717) is 44.4 Å². The molecule has 0 radical (unpaired) electrons. The number of hydrogen-bond donors (Lipinski definition) is 1. The summed E-state index contributed by atoms with van der Waals surface area (Å²) in [4.78, 5) is 43.4. The number of piperazine rings is 1. The molecule has 10 nitrogen and oxygen atoms in total. The third kappa shape index (κ3) is 3.98. The summed E-state index contributed by atoms with van der Waals surface area (Å²) in [5.74, 6) is 0.0184. The van der Waals surface area contributed by atoms with Crippen molar-refractivity contribution < 1.29 is 19.1 Å². The molecule has 3 aromatic rings. The average Bonchev–Trinajstić information content (AvgIpc) is 3.60. The minimum absolute atomic E-state index is 0.0184. The van der Waals surface area contributed by atoms with E-state index in [2.05, 4.69) is 19.9 Å². The summed E-state index contributed by atoms with van der Waals surface area (Å²) in [6.07, 6.45) is 3.54. The van der Waals surface area contributed by atoms with Crippen molar-refractivity contribution in [2.24, 2.45) is 0 Å². The summed E-state index contributed by atoms with van der Waals surface area (Å²) in [5.41, 5.74) is 3.44. The SMILES string of the molecule is O=C(OC1COC1)N1CCN(c2ccnc3[nH]c(-c4csc(C(=O)N5CCCC5)n4)cc23)CC1. The van der Waals surface area contributed by atoms with Crippen LogP contribution in [0.4, 0.5) is 10.5 Å². The number of amides is 2. The van der Waals surface area contributed by atoms with Gasteiger partial charge in [0.05, 0.1) is 24.6 Å². The van der Waals surface area contributed by atoms with Crippen LogP contribution >= 0.6 is 11.3 Å². The van der Waals surface area contributed by atoms with Crippen molar-refractivity contribution in [1.29, 1.82) is 0 Å². The lowest BCUT2D eigenvalue weighted by Gasteiger charge is -2.37. The molecule has 3 aliphatic heterocycles. The van der Waals surface area contributed by atoms with Crippen molar-refractivity contribution in [2.45, 2.75) is 18.9 Å². The van der Waals surface area contributed by atoms with E-state index >= 15 is 0 Å². The molecule has 0 aliphatic carbocycles. The maximum Gasteiger partial charge on any atom is 0.410 e. The molecule has 0 bridgehead atoms. The van der Waals surface area contributed by atoms with Crippen LogP contribution in [-0.2, 0) is 9.47 Å². The lowest BCUT2D eigenvalue weighted by atomic mass is 10.2. The van der Waals surface area contributed by atoms with Gasteiger partial charge in [-0.2, -0.15) is 0 Å². The van der Waals surface area contributed by atoms with Gasteiger partial charge in [0.15, 0.2) is 11.1 Å². The number of carbonyl (C=O) groups is 2. The zero-order valence-electron chi connectivity index (χ0n) is 18.7. The maximum absolute atomic E-state index is 12.7. The molecule has 0 saturated carbocycles. The lowest BCUT2D eigenvalue weighted by molar-refractivity contribution is -0.104. The van der Waals surface area contributed by atoms with Crippen LogP contribution in [0.5, 0.6) is 0 Å². The maximum atomic E-state index is 12.7. The number of nitrogens with zero attached hydrogens (tertiary/aromatic N) is 5. The van der Waals surface area contributed by atoms with E-state index in [0.717, 1.165) is 54.0 Å². The fraction of sp³-hybridized carbons (Fsp3) is 0.478. The molecular weight excluding hydrogens is 456 g/mol. The van der Waals surface area contributed by atoms with Gasteiger partial charge in [0.25, 0.3) is 5.91 Å². The summed E-state index contributed by atoms with van der Waals surface area (Å²) in [7, 11) is 0. The van der Waals surface area contributed by atoms with Crippen molar-refractivity contribution >= 4 is 40.1 Å². The summed E-state index contributed by atoms with van der Waals surface area (Å²) in [6.45, 7) is 5.22. The minimum Gasteiger partial charge on any atom is -0.441 e. The number of carbonyl (C=O) groups excluding carboxylic acids is 2. The van der Waals surface area contributed by atoms with E-state index in [4.69, 9.17) is 9.47 Å². The van der Waals surface area contributed by atoms with Gasteiger partial charge in [-0.05, 0) is 25.0 Å². The van der Waals surface area contributed by atoms with Gasteiger partial charge in [0.2, 0.25) is 0 Å². The van der Waals surface area contributed by atoms with Gasteiger partial charge in [-0.15, -0.1) is 11.3 Å². The Bertz CT molecular complexity index is 1210. The molecule has 0 atom stereocenters. The second kappa shape index (κ2) is 8.88. The molecule has 6 rings (SSSR count). The number of aromatic amines is 1. The predicted octanol–water partition coefficient (Wildman–Crippen LogP) is 2.58. The Hall–Kier alpha value is -3.18. The summed E-state index contributed by atoms with van der Waals surface area (Å²) in [6, 6.07) is 4.05. The molecule has 11 heteroatoms. The van der Waals surface area contributed by atoms with Gasteiger partial charge in [-0.3, -0.25) is 4.79 Å². The van der Waals surface area contributed by atoms with Crippen molar-refractivity contribution in [2.75, 3.05) is 57.4 Å². The Kier molecular flexibility index (Phi) is 5.58. The monoisotopic (exact) mass is 482 g/mol. The van der Waals surface area contributed by atoms with Crippen LogP contribution in [0.1, 0.15) is 22.6 Å². The minimum atomic E-state index is -0.264. The van der Waals surface area contributed by atoms with Gasteiger partial charge in [-0.1, -0.05) is 0 Å². The molecule has 6 heterocycles. The number of pyridine rings is 1. The van der Waals surface area contributed by atoms with Gasteiger partial charge < -0.3 is 29.2 Å². The summed E-state index contributed by atoms with van der Waals surface area (Å²) >= 11 is 1.38. The number of likely N-dealkylation sites (tertiary alicyclic amines) is 1. The first-order chi connectivity index (χ1) is 16.7. The number of aromatic nitrogens is 3.